The van der Waals surface area contributed by atoms with Crippen LogP contribution in [0.15, 0.2) is 24.3 Å². The predicted molar refractivity (Wildman–Crippen MR) is 76.4 cm³/mol. The molecule has 0 radical (unpaired) electrons. The molecule has 100 valence electrons. The normalized spacial score (nSPS) is 12.5. The lowest BCUT2D eigenvalue weighted by molar-refractivity contribution is -0.132. The summed E-state index contributed by atoms with van der Waals surface area (Å²) in [6.07, 6.45) is 0. The van der Waals surface area contributed by atoms with Crippen molar-refractivity contribution in [2.45, 2.75) is 33.6 Å². The average molecular weight is 248 g/mol. The maximum absolute atomic E-state index is 12.4. The third-order valence-electron chi connectivity index (χ3n) is 3.06. The molecule has 1 aromatic carbocycles. The summed E-state index contributed by atoms with van der Waals surface area (Å²) in [4.78, 5) is 14.3. The SMILES string of the molecule is CCN(CC(C)C)C(=O)C(C)c1cccc(N)c1. The maximum atomic E-state index is 12.4. The van der Waals surface area contributed by atoms with Crippen LogP contribution in [0.2, 0.25) is 0 Å². The van der Waals surface area contributed by atoms with Crippen LogP contribution in [0.5, 0.6) is 0 Å². The van der Waals surface area contributed by atoms with Crippen LogP contribution in [-0.4, -0.2) is 23.9 Å². The molecular formula is C15H24N2O. The average Bonchev–Trinajstić information content (AvgIpc) is 2.34. The zero-order valence-electron chi connectivity index (χ0n) is 11.8. The summed E-state index contributed by atoms with van der Waals surface area (Å²) in [7, 11) is 0. The van der Waals surface area contributed by atoms with Crippen molar-refractivity contribution in [3.8, 4) is 0 Å². The van der Waals surface area contributed by atoms with Crippen molar-refractivity contribution in [3.63, 3.8) is 0 Å². The van der Waals surface area contributed by atoms with E-state index in [9.17, 15) is 4.79 Å². The number of carbonyl (C=O) groups is 1. The molecule has 3 heteroatoms. The number of amides is 1. The number of rotatable bonds is 5. The van der Waals surface area contributed by atoms with E-state index >= 15 is 0 Å². The maximum Gasteiger partial charge on any atom is 0.229 e. The third-order valence-corrected chi connectivity index (χ3v) is 3.06. The summed E-state index contributed by atoms with van der Waals surface area (Å²) in [6, 6.07) is 7.58. The van der Waals surface area contributed by atoms with E-state index in [0.717, 1.165) is 18.7 Å². The summed E-state index contributed by atoms with van der Waals surface area (Å²) in [5, 5.41) is 0. The van der Waals surface area contributed by atoms with Crippen LogP contribution in [-0.2, 0) is 4.79 Å². The molecule has 0 aliphatic rings. The van der Waals surface area contributed by atoms with E-state index in [2.05, 4.69) is 13.8 Å². The third kappa shape index (κ3) is 3.76. The van der Waals surface area contributed by atoms with Crippen molar-refractivity contribution in [1.29, 1.82) is 0 Å². The highest BCUT2D eigenvalue weighted by molar-refractivity contribution is 5.83. The minimum absolute atomic E-state index is 0.132. The van der Waals surface area contributed by atoms with E-state index in [1.54, 1.807) is 0 Å². The van der Waals surface area contributed by atoms with Crippen molar-refractivity contribution in [2.75, 3.05) is 18.8 Å². The first-order valence-electron chi connectivity index (χ1n) is 6.59. The second kappa shape index (κ2) is 6.43. The van der Waals surface area contributed by atoms with Gasteiger partial charge in [-0.1, -0.05) is 26.0 Å². The fourth-order valence-corrected chi connectivity index (χ4v) is 2.06. The molecule has 0 aliphatic heterocycles. The van der Waals surface area contributed by atoms with Crippen molar-refractivity contribution >= 4 is 11.6 Å². The van der Waals surface area contributed by atoms with E-state index in [1.807, 2.05) is 43.0 Å². The van der Waals surface area contributed by atoms with Crippen molar-refractivity contribution in [3.05, 3.63) is 29.8 Å². The number of benzene rings is 1. The summed E-state index contributed by atoms with van der Waals surface area (Å²) in [5.41, 5.74) is 7.46. The number of hydrogen-bond acceptors (Lipinski definition) is 2. The van der Waals surface area contributed by atoms with Gasteiger partial charge in [-0.15, -0.1) is 0 Å². The minimum atomic E-state index is -0.132. The minimum Gasteiger partial charge on any atom is -0.399 e. The molecule has 1 rings (SSSR count). The Hall–Kier alpha value is -1.51. The van der Waals surface area contributed by atoms with Gasteiger partial charge in [0.1, 0.15) is 0 Å². The standard InChI is InChI=1S/C15H24N2O/c1-5-17(10-11(2)3)15(18)12(4)13-7-6-8-14(16)9-13/h6-9,11-12H,5,10,16H2,1-4H3. The highest BCUT2D eigenvalue weighted by Crippen LogP contribution is 2.20. The summed E-state index contributed by atoms with van der Waals surface area (Å²) in [5.74, 6) is 0.533. The Morgan fingerprint density at radius 1 is 1.33 bits per heavy atom. The number of likely N-dealkylation sites (N-methyl/N-ethyl adjacent to an activating group) is 1. The van der Waals surface area contributed by atoms with Gasteiger partial charge in [0.05, 0.1) is 5.92 Å². The fourth-order valence-electron chi connectivity index (χ4n) is 2.06. The van der Waals surface area contributed by atoms with Crippen LogP contribution in [0.4, 0.5) is 5.69 Å². The van der Waals surface area contributed by atoms with Crippen LogP contribution >= 0.6 is 0 Å². The molecule has 1 amide bonds. The molecule has 3 nitrogen and oxygen atoms in total. The molecule has 0 bridgehead atoms. The topological polar surface area (TPSA) is 46.3 Å². The van der Waals surface area contributed by atoms with E-state index in [4.69, 9.17) is 5.73 Å². The molecule has 0 heterocycles. The Labute approximate surface area is 110 Å². The molecule has 0 aliphatic carbocycles. The van der Waals surface area contributed by atoms with E-state index < -0.39 is 0 Å². The van der Waals surface area contributed by atoms with Gasteiger partial charge in [-0.05, 0) is 37.5 Å². The Morgan fingerprint density at radius 3 is 2.50 bits per heavy atom. The predicted octanol–water partition coefficient (Wildman–Crippen LogP) is 2.88. The molecule has 2 N–H and O–H groups in total. The highest BCUT2D eigenvalue weighted by Gasteiger charge is 2.21. The lowest BCUT2D eigenvalue weighted by atomic mass is 9.98. The van der Waals surface area contributed by atoms with E-state index in [1.165, 1.54) is 0 Å². The second-order valence-electron chi connectivity index (χ2n) is 5.16. The number of hydrogen-bond donors (Lipinski definition) is 1. The van der Waals surface area contributed by atoms with Gasteiger partial charge in [0, 0.05) is 18.8 Å². The Kier molecular flexibility index (Phi) is 5.20. The largest absolute Gasteiger partial charge is 0.399 e. The second-order valence-corrected chi connectivity index (χ2v) is 5.16. The van der Waals surface area contributed by atoms with E-state index in [-0.39, 0.29) is 11.8 Å². The Balaban J connectivity index is 2.82. The van der Waals surface area contributed by atoms with Gasteiger partial charge < -0.3 is 10.6 Å². The van der Waals surface area contributed by atoms with Gasteiger partial charge in [-0.3, -0.25) is 4.79 Å². The molecule has 1 unspecified atom stereocenters. The molecule has 0 saturated carbocycles. The first kappa shape index (κ1) is 14.6. The van der Waals surface area contributed by atoms with Crippen molar-refractivity contribution in [2.24, 2.45) is 5.92 Å². The van der Waals surface area contributed by atoms with Gasteiger partial charge in [0.2, 0.25) is 5.91 Å². The quantitative estimate of drug-likeness (QED) is 0.814. The molecule has 1 aromatic rings. The molecule has 0 fully saturated rings. The number of nitrogen functional groups attached to an aromatic ring is 1. The lowest BCUT2D eigenvalue weighted by Gasteiger charge is -2.26. The first-order chi connectivity index (χ1) is 8.45. The van der Waals surface area contributed by atoms with Crippen molar-refractivity contribution in [1.82, 2.24) is 4.90 Å². The molecule has 0 spiro atoms. The molecule has 0 aromatic heterocycles. The number of nitrogens with two attached hydrogens (primary N) is 1. The number of carbonyl (C=O) groups excluding carboxylic acids is 1. The van der Waals surface area contributed by atoms with Crippen LogP contribution in [0.1, 0.15) is 39.2 Å². The zero-order valence-corrected chi connectivity index (χ0v) is 11.8. The van der Waals surface area contributed by atoms with Crippen molar-refractivity contribution < 1.29 is 4.79 Å². The van der Waals surface area contributed by atoms with E-state index in [0.29, 0.717) is 11.6 Å². The number of nitrogens with zero attached hydrogens (tertiary/aromatic N) is 1. The van der Waals surface area contributed by atoms with Gasteiger partial charge >= 0.3 is 0 Å². The van der Waals surface area contributed by atoms with Gasteiger partial charge in [-0.2, -0.15) is 0 Å². The van der Waals surface area contributed by atoms with Gasteiger partial charge in [-0.25, -0.2) is 0 Å². The molecule has 1 atom stereocenters. The monoisotopic (exact) mass is 248 g/mol. The zero-order chi connectivity index (χ0) is 13.7. The van der Waals surface area contributed by atoms with Crippen LogP contribution in [0.3, 0.4) is 0 Å². The molecule has 18 heavy (non-hydrogen) atoms. The Bertz CT molecular complexity index is 401. The first-order valence-corrected chi connectivity index (χ1v) is 6.59. The Morgan fingerprint density at radius 2 is 2.00 bits per heavy atom. The smallest absolute Gasteiger partial charge is 0.229 e. The summed E-state index contributed by atoms with van der Waals surface area (Å²) >= 11 is 0. The summed E-state index contributed by atoms with van der Waals surface area (Å²) < 4.78 is 0. The molecular weight excluding hydrogens is 224 g/mol. The fraction of sp³-hybridized carbons (Fsp3) is 0.533. The van der Waals surface area contributed by atoms with Gasteiger partial charge in [0.15, 0.2) is 0 Å². The highest BCUT2D eigenvalue weighted by atomic mass is 16.2. The lowest BCUT2D eigenvalue weighted by Crippen LogP contribution is -2.36. The number of anilines is 1. The van der Waals surface area contributed by atoms with Gasteiger partial charge in [0.25, 0.3) is 0 Å². The van der Waals surface area contributed by atoms with Crippen LogP contribution in [0.25, 0.3) is 0 Å². The van der Waals surface area contributed by atoms with Crippen LogP contribution < -0.4 is 5.73 Å². The molecule has 0 saturated heterocycles. The van der Waals surface area contributed by atoms with Crippen LogP contribution in [0, 0.1) is 5.92 Å². The summed E-state index contributed by atoms with van der Waals surface area (Å²) in [6.45, 7) is 9.78.